The van der Waals surface area contributed by atoms with Crippen LogP contribution in [0.3, 0.4) is 0 Å². The molecular formula is C36H40O3. The van der Waals surface area contributed by atoms with E-state index in [1.54, 1.807) is 26.0 Å². The van der Waals surface area contributed by atoms with E-state index in [-0.39, 0.29) is 17.3 Å². The fourth-order valence-corrected chi connectivity index (χ4v) is 4.75. The molecule has 3 N–H and O–H groups in total. The van der Waals surface area contributed by atoms with Crippen LogP contribution in [-0.2, 0) is 5.41 Å². The van der Waals surface area contributed by atoms with Gasteiger partial charge in [-0.25, -0.2) is 0 Å². The lowest BCUT2D eigenvalue weighted by Crippen LogP contribution is -2.27. The number of aromatic hydroxyl groups is 1. The van der Waals surface area contributed by atoms with Crippen molar-refractivity contribution < 1.29 is 15.3 Å². The van der Waals surface area contributed by atoms with Crippen molar-refractivity contribution in [2.24, 2.45) is 0 Å². The Bertz CT molecular complexity index is 1460. The quantitative estimate of drug-likeness (QED) is 0.205. The topological polar surface area (TPSA) is 60.7 Å². The van der Waals surface area contributed by atoms with Crippen LogP contribution in [0.15, 0.2) is 125 Å². The van der Waals surface area contributed by atoms with Gasteiger partial charge in [0, 0.05) is 16.6 Å². The molecule has 3 aromatic carbocycles. The van der Waals surface area contributed by atoms with Gasteiger partial charge in [0.15, 0.2) is 0 Å². The largest absolute Gasteiger partial charge is 0.513 e. The summed E-state index contributed by atoms with van der Waals surface area (Å²) in [7, 11) is 0. The number of phenols is 1. The average Bonchev–Trinajstić information content (AvgIpc) is 2.94. The predicted molar refractivity (Wildman–Crippen MR) is 165 cm³/mol. The lowest BCUT2D eigenvalue weighted by Gasteiger charge is -2.34. The highest BCUT2D eigenvalue weighted by Crippen LogP contribution is 2.46. The maximum Gasteiger partial charge on any atom is 0.120 e. The summed E-state index contributed by atoms with van der Waals surface area (Å²) >= 11 is 0. The van der Waals surface area contributed by atoms with Crippen LogP contribution in [0.5, 0.6) is 5.75 Å². The van der Waals surface area contributed by atoms with Gasteiger partial charge in [0.05, 0.1) is 11.5 Å². The van der Waals surface area contributed by atoms with Crippen molar-refractivity contribution in [3.05, 3.63) is 142 Å². The van der Waals surface area contributed by atoms with E-state index in [1.807, 2.05) is 83.2 Å². The minimum Gasteiger partial charge on any atom is -0.513 e. The Morgan fingerprint density at radius 3 is 1.92 bits per heavy atom. The summed E-state index contributed by atoms with van der Waals surface area (Å²) in [5.41, 5.74) is 7.64. The van der Waals surface area contributed by atoms with Gasteiger partial charge in [-0.1, -0.05) is 78.9 Å². The number of aliphatic hydroxyl groups is 2. The lowest BCUT2D eigenvalue weighted by molar-refractivity contribution is 0.396. The first-order chi connectivity index (χ1) is 18.5. The van der Waals surface area contributed by atoms with E-state index in [2.05, 4.69) is 36.4 Å². The second-order valence-electron chi connectivity index (χ2n) is 10.3. The summed E-state index contributed by atoms with van der Waals surface area (Å²) in [4.78, 5) is 0. The van der Waals surface area contributed by atoms with E-state index in [0.29, 0.717) is 11.1 Å². The molecule has 1 atom stereocenters. The number of phenolic OH excluding ortho intramolecular Hbond substituents is 1. The van der Waals surface area contributed by atoms with Gasteiger partial charge in [0.1, 0.15) is 5.75 Å². The van der Waals surface area contributed by atoms with Crippen LogP contribution in [0.25, 0.3) is 16.7 Å². The molecule has 3 nitrogen and oxygen atoms in total. The van der Waals surface area contributed by atoms with Gasteiger partial charge >= 0.3 is 0 Å². The van der Waals surface area contributed by atoms with Gasteiger partial charge in [-0.2, -0.15) is 0 Å². The molecule has 0 spiro atoms. The van der Waals surface area contributed by atoms with Crippen LogP contribution in [0.1, 0.15) is 65.2 Å². The summed E-state index contributed by atoms with van der Waals surface area (Å²) < 4.78 is 0. The minimum absolute atomic E-state index is 0.160. The predicted octanol–water partition coefficient (Wildman–Crippen LogP) is 9.97. The lowest BCUT2D eigenvalue weighted by atomic mass is 9.68. The van der Waals surface area contributed by atoms with Gasteiger partial charge in [-0.05, 0) is 106 Å². The first kappa shape index (κ1) is 29.3. The summed E-state index contributed by atoms with van der Waals surface area (Å²) in [5, 5.41) is 32.0. The first-order valence-corrected chi connectivity index (χ1v) is 13.2. The molecule has 0 aromatic heterocycles. The maximum absolute atomic E-state index is 11.2. The Morgan fingerprint density at radius 1 is 0.744 bits per heavy atom. The highest BCUT2D eigenvalue weighted by atomic mass is 16.3. The molecule has 0 saturated carbocycles. The van der Waals surface area contributed by atoms with Gasteiger partial charge in [0.2, 0.25) is 0 Å². The molecule has 0 amide bonds. The number of benzene rings is 3. The zero-order chi connectivity index (χ0) is 28.7. The SMILES string of the molecule is C/C=C(\C)c1ccc(O)c(C(C)(C(/C=C(C)/C(C)=C/C=C(\C)O)=C(/C)O)c2ccc(-c3ccccc3)cc2)c1. The second kappa shape index (κ2) is 12.5. The molecule has 1 unspecified atom stereocenters. The Kier molecular flexibility index (Phi) is 9.42. The van der Waals surface area contributed by atoms with Crippen LogP contribution in [0.4, 0.5) is 0 Å². The van der Waals surface area contributed by atoms with E-state index in [4.69, 9.17) is 0 Å². The van der Waals surface area contributed by atoms with Crippen LogP contribution in [-0.4, -0.2) is 15.3 Å². The van der Waals surface area contributed by atoms with Crippen molar-refractivity contribution in [2.75, 3.05) is 0 Å². The van der Waals surface area contributed by atoms with Gasteiger partial charge in [0.25, 0.3) is 0 Å². The van der Waals surface area contributed by atoms with Gasteiger partial charge in [-0.3, -0.25) is 0 Å². The van der Waals surface area contributed by atoms with Crippen LogP contribution in [0, 0.1) is 0 Å². The van der Waals surface area contributed by atoms with Crippen molar-refractivity contribution in [3.8, 4) is 16.9 Å². The molecule has 0 radical (unpaired) electrons. The monoisotopic (exact) mass is 520 g/mol. The highest BCUT2D eigenvalue weighted by molar-refractivity contribution is 5.69. The molecular weight excluding hydrogens is 480 g/mol. The summed E-state index contributed by atoms with van der Waals surface area (Å²) in [6.45, 7) is 13.4. The molecule has 0 aliphatic carbocycles. The number of hydrogen-bond donors (Lipinski definition) is 3. The minimum atomic E-state index is -0.882. The fourth-order valence-electron chi connectivity index (χ4n) is 4.75. The first-order valence-electron chi connectivity index (χ1n) is 13.2. The van der Waals surface area contributed by atoms with E-state index in [0.717, 1.165) is 39.0 Å². The Labute approximate surface area is 233 Å². The molecule has 0 bridgehead atoms. The van der Waals surface area contributed by atoms with Crippen LogP contribution < -0.4 is 0 Å². The number of rotatable bonds is 8. The molecule has 39 heavy (non-hydrogen) atoms. The smallest absolute Gasteiger partial charge is 0.120 e. The third-order valence-corrected chi connectivity index (χ3v) is 7.48. The molecule has 3 heteroatoms. The zero-order valence-electron chi connectivity index (χ0n) is 24.1. The van der Waals surface area contributed by atoms with E-state index >= 15 is 0 Å². The van der Waals surface area contributed by atoms with E-state index < -0.39 is 5.41 Å². The molecule has 0 aliphatic rings. The number of aliphatic hydroxyl groups excluding tert-OH is 2. The summed E-state index contributed by atoms with van der Waals surface area (Å²) in [6, 6.07) is 24.2. The molecule has 0 aliphatic heterocycles. The van der Waals surface area contributed by atoms with E-state index in [9.17, 15) is 15.3 Å². The second-order valence-corrected chi connectivity index (χ2v) is 10.3. The maximum atomic E-state index is 11.2. The van der Waals surface area contributed by atoms with Crippen molar-refractivity contribution >= 4 is 5.57 Å². The third kappa shape index (κ3) is 6.61. The summed E-state index contributed by atoms with van der Waals surface area (Å²) in [6.07, 6.45) is 7.52. The Hall–Kier alpha value is -4.24. The standard InChI is InChI=1S/C36H40O3/c1-8-24(2)31-18-21-35(39)34(23-31)36(7,32-19-16-30(17-20-32)29-12-10-9-11-13-29)33(28(6)38)22-26(4)25(3)14-15-27(5)37/h8-23,37-39H,1-7H3/b24-8+,25-14+,26-22+,27-15+,33-28-. The molecule has 3 rings (SSSR count). The van der Waals surface area contributed by atoms with Crippen molar-refractivity contribution in [2.45, 2.75) is 53.9 Å². The fraction of sp³-hybridized carbons (Fsp3) is 0.222. The Balaban J connectivity index is 2.32. The highest BCUT2D eigenvalue weighted by Gasteiger charge is 2.36. The number of hydrogen-bond acceptors (Lipinski definition) is 3. The molecule has 202 valence electrons. The number of allylic oxidation sites excluding steroid dienone is 10. The summed E-state index contributed by atoms with van der Waals surface area (Å²) in [5.74, 6) is 0.548. The van der Waals surface area contributed by atoms with Gasteiger partial charge < -0.3 is 15.3 Å². The third-order valence-electron chi connectivity index (χ3n) is 7.48. The molecule has 0 saturated heterocycles. The zero-order valence-corrected chi connectivity index (χ0v) is 24.1. The average molecular weight is 521 g/mol. The van der Waals surface area contributed by atoms with Gasteiger partial charge in [-0.15, -0.1) is 0 Å². The van der Waals surface area contributed by atoms with Crippen molar-refractivity contribution in [3.63, 3.8) is 0 Å². The van der Waals surface area contributed by atoms with Crippen LogP contribution in [0.2, 0.25) is 0 Å². The molecule has 0 fully saturated rings. The van der Waals surface area contributed by atoms with E-state index in [1.165, 1.54) is 0 Å². The van der Waals surface area contributed by atoms with Crippen LogP contribution >= 0.6 is 0 Å². The van der Waals surface area contributed by atoms with Crippen molar-refractivity contribution in [1.82, 2.24) is 0 Å². The Morgan fingerprint density at radius 2 is 1.36 bits per heavy atom. The van der Waals surface area contributed by atoms with Crippen molar-refractivity contribution in [1.29, 1.82) is 0 Å². The molecule has 3 aromatic rings. The molecule has 0 heterocycles. The normalized spacial score (nSPS) is 15.6.